The van der Waals surface area contributed by atoms with Crippen LogP contribution in [0.1, 0.15) is 23.6 Å². The number of aliphatic hydroxyl groups excluding tert-OH is 1. The first-order valence-electron chi connectivity index (χ1n) is 16.0. The van der Waals surface area contributed by atoms with Crippen LogP contribution in [0.4, 0.5) is 11.4 Å². The Morgan fingerprint density at radius 3 is 2.09 bits per heavy atom. The Balaban J connectivity index is 1.39. The second kappa shape index (κ2) is 11.6. The Hall–Kier alpha value is -4.14. The molecule has 7 nitrogen and oxygen atoms in total. The fraction of sp³-hybridized carbons (Fsp3) is 0.342. The van der Waals surface area contributed by atoms with Gasteiger partial charge in [-0.3, -0.25) is 14.4 Å². The van der Waals surface area contributed by atoms with E-state index in [1.165, 1.54) is 0 Å². The molecule has 1 N–H and O–H groups in total. The third-order valence-electron chi connectivity index (χ3n) is 10.2. The van der Waals surface area contributed by atoms with Crippen LogP contribution < -0.4 is 9.80 Å². The predicted octanol–water partition coefficient (Wildman–Crippen LogP) is 5.10. The van der Waals surface area contributed by atoms with Gasteiger partial charge in [0, 0.05) is 29.2 Å². The summed E-state index contributed by atoms with van der Waals surface area (Å²) in [5.74, 6) is -2.07. The molecule has 0 bridgehead atoms. The third kappa shape index (κ3) is 4.64. The third-order valence-corrected chi connectivity index (χ3v) is 12.0. The molecule has 3 amide bonds. The van der Waals surface area contributed by atoms with Crippen molar-refractivity contribution in [3.8, 4) is 0 Å². The molecule has 3 aromatic carbocycles. The number of hydrogen-bond donors (Lipinski definition) is 1. The van der Waals surface area contributed by atoms with Gasteiger partial charge in [-0.1, -0.05) is 91.0 Å². The number of thioether (sulfide) groups is 1. The van der Waals surface area contributed by atoms with Crippen molar-refractivity contribution >= 4 is 40.9 Å². The van der Waals surface area contributed by atoms with Crippen LogP contribution >= 0.6 is 11.8 Å². The Morgan fingerprint density at radius 1 is 0.783 bits per heavy atom. The first-order chi connectivity index (χ1) is 22.2. The average Bonchev–Trinajstić information content (AvgIpc) is 3.33. The lowest BCUT2D eigenvalue weighted by atomic mass is 9.74. The van der Waals surface area contributed by atoms with Crippen LogP contribution in [0.15, 0.2) is 103 Å². The minimum absolute atomic E-state index is 0.123. The summed E-state index contributed by atoms with van der Waals surface area (Å²) in [6.07, 6.45) is 8.53. The van der Waals surface area contributed by atoms with Crippen molar-refractivity contribution in [2.24, 2.45) is 11.8 Å². The molecule has 7 rings (SSSR count). The quantitative estimate of drug-likeness (QED) is 0.382. The van der Waals surface area contributed by atoms with E-state index in [1.807, 2.05) is 118 Å². The molecule has 0 aromatic heterocycles. The van der Waals surface area contributed by atoms with Gasteiger partial charge in [0.05, 0.1) is 29.2 Å². The Labute approximate surface area is 274 Å². The monoisotopic (exact) mass is 633 g/mol. The summed E-state index contributed by atoms with van der Waals surface area (Å²) in [7, 11) is 0. The van der Waals surface area contributed by atoms with Crippen LogP contribution in [0.3, 0.4) is 0 Å². The highest BCUT2D eigenvalue weighted by Gasteiger charge is 2.74. The highest BCUT2D eigenvalue weighted by atomic mass is 32.2. The number of carbonyl (C=O) groups excluding carboxylic acids is 3. The van der Waals surface area contributed by atoms with Gasteiger partial charge in [-0.25, -0.2) is 0 Å². The molecule has 46 heavy (non-hydrogen) atoms. The van der Waals surface area contributed by atoms with Gasteiger partial charge < -0.3 is 19.8 Å². The van der Waals surface area contributed by atoms with Gasteiger partial charge in [-0.05, 0) is 56.0 Å². The lowest BCUT2D eigenvalue weighted by Crippen LogP contribution is -2.57. The highest BCUT2D eigenvalue weighted by molar-refractivity contribution is 8.02. The van der Waals surface area contributed by atoms with Gasteiger partial charge in [0.2, 0.25) is 11.8 Å². The van der Waals surface area contributed by atoms with Crippen molar-refractivity contribution in [3.63, 3.8) is 0 Å². The zero-order valence-corrected chi connectivity index (χ0v) is 27.2. The van der Waals surface area contributed by atoms with Crippen molar-refractivity contribution in [2.45, 2.75) is 48.8 Å². The molecular formula is C38H39N3O4S. The second-order valence-corrected chi connectivity index (χ2v) is 14.8. The van der Waals surface area contributed by atoms with Crippen molar-refractivity contribution < 1.29 is 19.5 Å². The first-order valence-corrected chi connectivity index (χ1v) is 16.8. The molecule has 1 spiro atoms. The lowest BCUT2D eigenvalue weighted by molar-refractivity contribution is -0.142. The fourth-order valence-electron chi connectivity index (χ4n) is 8.26. The van der Waals surface area contributed by atoms with Gasteiger partial charge >= 0.3 is 0 Å². The molecule has 2 fully saturated rings. The number of fused-ring (bicyclic) bond motifs is 2. The number of carbonyl (C=O) groups is 3. The van der Waals surface area contributed by atoms with E-state index < -0.39 is 33.4 Å². The van der Waals surface area contributed by atoms with E-state index in [0.29, 0.717) is 19.5 Å². The fourth-order valence-corrected chi connectivity index (χ4v) is 10.4. The Kier molecular flexibility index (Phi) is 7.68. The molecule has 236 valence electrons. The number of nitrogens with zero attached hydrogens (tertiary/aromatic N) is 3. The number of hydrogen-bond acceptors (Lipinski definition) is 5. The largest absolute Gasteiger partial charge is 0.394 e. The van der Waals surface area contributed by atoms with Gasteiger partial charge in [0.15, 0.2) is 0 Å². The Morgan fingerprint density at radius 2 is 1.41 bits per heavy atom. The van der Waals surface area contributed by atoms with Crippen molar-refractivity contribution in [1.82, 2.24) is 4.90 Å². The summed E-state index contributed by atoms with van der Waals surface area (Å²) in [5, 5.41) is 10.9. The molecule has 0 aliphatic carbocycles. The van der Waals surface area contributed by atoms with Gasteiger partial charge in [0.25, 0.3) is 5.91 Å². The summed E-state index contributed by atoms with van der Waals surface area (Å²) >= 11 is 1.56. The molecule has 4 heterocycles. The topological polar surface area (TPSA) is 81.2 Å². The molecule has 3 aromatic rings. The molecular weight excluding hydrogens is 595 g/mol. The number of amides is 3. The van der Waals surface area contributed by atoms with E-state index in [-0.39, 0.29) is 24.3 Å². The van der Waals surface area contributed by atoms with E-state index in [2.05, 4.69) is 6.08 Å². The number of aliphatic hydroxyl groups is 1. The molecule has 0 radical (unpaired) electrons. The minimum Gasteiger partial charge on any atom is -0.394 e. The van der Waals surface area contributed by atoms with E-state index in [9.17, 15) is 9.90 Å². The summed E-state index contributed by atoms with van der Waals surface area (Å²) in [5.41, 5.74) is 4.52. The minimum atomic E-state index is -1.01. The smallest absolute Gasteiger partial charge is 0.251 e. The zero-order chi connectivity index (χ0) is 32.2. The van der Waals surface area contributed by atoms with Crippen LogP contribution in [-0.2, 0) is 20.8 Å². The summed E-state index contributed by atoms with van der Waals surface area (Å²) in [6, 6.07) is 23.7. The number of para-hydroxylation sites is 2. The van der Waals surface area contributed by atoms with E-state index in [1.54, 1.807) is 26.5 Å². The summed E-state index contributed by atoms with van der Waals surface area (Å²) < 4.78 is -1.74. The van der Waals surface area contributed by atoms with Gasteiger partial charge in [-0.15, -0.1) is 11.8 Å². The van der Waals surface area contributed by atoms with Crippen LogP contribution in [0.25, 0.3) is 0 Å². The maximum Gasteiger partial charge on any atom is 0.251 e. The SMILES string of the molecule is Cc1cccc(C)c1N1CC=C[C@]23S[C@@]4(C)C=CCN(c5ccccc5)C(=O)[C@H]4[C@H]2C(=O)N([C@@H](CO)Cc2ccccc2)C3C1=O. The zero-order valence-electron chi connectivity index (χ0n) is 26.4. The van der Waals surface area contributed by atoms with Crippen LogP contribution in [0.5, 0.6) is 0 Å². The number of rotatable bonds is 6. The van der Waals surface area contributed by atoms with Crippen LogP contribution in [-0.4, -0.2) is 69.0 Å². The van der Waals surface area contributed by atoms with Crippen LogP contribution in [0, 0.1) is 25.7 Å². The molecule has 8 heteroatoms. The first kappa shape index (κ1) is 30.5. The normalized spacial score (nSPS) is 29.3. The highest BCUT2D eigenvalue weighted by Crippen LogP contribution is 2.66. The van der Waals surface area contributed by atoms with E-state index in [4.69, 9.17) is 0 Å². The second-order valence-electron chi connectivity index (χ2n) is 13.0. The molecule has 0 saturated carbocycles. The van der Waals surface area contributed by atoms with Crippen molar-refractivity contribution in [3.05, 3.63) is 120 Å². The van der Waals surface area contributed by atoms with Crippen molar-refractivity contribution in [2.75, 3.05) is 29.5 Å². The molecule has 4 aliphatic heterocycles. The predicted molar refractivity (Wildman–Crippen MR) is 183 cm³/mol. The summed E-state index contributed by atoms with van der Waals surface area (Å²) in [4.78, 5) is 50.1. The number of benzene rings is 3. The van der Waals surface area contributed by atoms with E-state index in [0.717, 1.165) is 28.1 Å². The molecule has 2 saturated heterocycles. The lowest BCUT2D eigenvalue weighted by Gasteiger charge is -2.40. The van der Waals surface area contributed by atoms with E-state index >= 15 is 9.59 Å². The standard InChI is InChI=1S/C38H39N3O4S/c1-25-13-10-14-26(2)32(25)40-22-12-20-38-31(30-34(43)39(28-17-8-5-9-18-28)21-11-19-37(30,3)46-38)35(44)41(33(38)36(40)45)29(24-42)23-27-15-6-4-7-16-27/h4-20,29-31,33,42H,21-24H2,1-3H3/t29-,30-,31+,33?,37+,38+/m1/s1. The van der Waals surface area contributed by atoms with Gasteiger partial charge in [-0.2, -0.15) is 0 Å². The molecule has 4 aliphatic rings. The molecule has 6 atom stereocenters. The van der Waals surface area contributed by atoms with Crippen molar-refractivity contribution in [1.29, 1.82) is 0 Å². The number of likely N-dealkylation sites (tertiary alicyclic amines) is 1. The summed E-state index contributed by atoms with van der Waals surface area (Å²) in [6.45, 7) is 6.47. The maximum atomic E-state index is 15.1. The average molecular weight is 634 g/mol. The Bertz CT molecular complexity index is 1720. The molecule has 1 unspecified atom stereocenters. The van der Waals surface area contributed by atoms with Gasteiger partial charge in [0.1, 0.15) is 6.04 Å². The maximum absolute atomic E-state index is 15.1. The number of anilines is 2. The van der Waals surface area contributed by atoms with Crippen LogP contribution in [0.2, 0.25) is 0 Å². The number of aryl methyl sites for hydroxylation is 2.